The van der Waals surface area contributed by atoms with Gasteiger partial charge in [0.25, 0.3) is 0 Å². The zero-order valence-corrected chi connectivity index (χ0v) is 28.8. The molecule has 0 N–H and O–H groups in total. The van der Waals surface area contributed by atoms with E-state index in [2.05, 4.69) is 138 Å². The smallest absolute Gasteiger partial charge is 0.0991 e. The molecule has 9 aromatic rings. The molecule has 0 atom stereocenters. The fourth-order valence-corrected chi connectivity index (χ4v) is 6.98. The summed E-state index contributed by atoms with van der Waals surface area (Å²) < 4.78 is 0. The molecular weight excluding hydrogens is 645 g/mol. The number of aromatic nitrogens is 2. The van der Waals surface area contributed by atoms with Crippen molar-refractivity contribution in [1.82, 2.24) is 9.97 Å². The average molecular weight is 677 g/mol. The van der Waals surface area contributed by atoms with Crippen molar-refractivity contribution in [3.05, 3.63) is 200 Å². The van der Waals surface area contributed by atoms with E-state index in [1.165, 1.54) is 0 Å². The molecule has 0 radical (unpaired) electrons. The predicted octanol–water partition coefficient (Wildman–Crippen LogP) is 12.8. The fourth-order valence-electron chi connectivity index (χ4n) is 6.98. The van der Waals surface area contributed by atoms with Gasteiger partial charge in [-0.1, -0.05) is 133 Å². The normalized spacial score (nSPS) is 11.0. The topological polar surface area (TPSA) is 52.8 Å². The molecule has 0 aliphatic carbocycles. The highest BCUT2D eigenvalue weighted by Gasteiger charge is 2.16. The van der Waals surface area contributed by atoms with Crippen LogP contribution in [0, 0.1) is 11.3 Å². The van der Waals surface area contributed by atoms with E-state index in [9.17, 15) is 5.26 Å². The van der Waals surface area contributed by atoms with E-state index in [1.807, 2.05) is 66.7 Å². The van der Waals surface area contributed by atoms with Gasteiger partial charge in [0.05, 0.1) is 34.1 Å². The minimum absolute atomic E-state index is 0.657. The largest absolute Gasteiger partial charge is 0.311 e. The van der Waals surface area contributed by atoms with E-state index in [0.717, 1.165) is 83.6 Å². The molecule has 0 saturated carbocycles. The van der Waals surface area contributed by atoms with Crippen molar-refractivity contribution in [3.8, 4) is 50.8 Å². The van der Waals surface area contributed by atoms with Gasteiger partial charge >= 0.3 is 0 Å². The van der Waals surface area contributed by atoms with Crippen LogP contribution in [-0.4, -0.2) is 9.97 Å². The van der Waals surface area contributed by atoms with Crippen molar-refractivity contribution in [2.45, 2.75) is 0 Å². The SMILES string of the molecule is N#Cc1ccc(-c2ccc(N(c3ccccc3)c3ccc(-c4ccc5ccc6nc(-c7ccccc7)c(-c7ccccc7)nc6c5c4)cc3)cc2)cc1. The van der Waals surface area contributed by atoms with Crippen LogP contribution < -0.4 is 4.90 Å². The minimum Gasteiger partial charge on any atom is -0.311 e. The molecule has 4 nitrogen and oxygen atoms in total. The van der Waals surface area contributed by atoms with Gasteiger partial charge in [0, 0.05) is 33.6 Å². The lowest BCUT2D eigenvalue weighted by Crippen LogP contribution is -2.09. The Hall–Kier alpha value is -7.35. The number of benzene rings is 8. The van der Waals surface area contributed by atoms with Crippen LogP contribution in [0.25, 0.3) is 66.6 Å². The third-order valence-corrected chi connectivity index (χ3v) is 9.69. The van der Waals surface area contributed by atoms with Gasteiger partial charge in [-0.15, -0.1) is 0 Å². The van der Waals surface area contributed by atoms with Crippen LogP contribution in [0.4, 0.5) is 17.1 Å². The van der Waals surface area contributed by atoms with Crippen LogP contribution >= 0.6 is 0 Å². The number of hydrogen-bond acceptors (Lipinski definition) is 4. The second kappa shape index (κ2) is 13.8. The van der Waals surface area contributed by atoms with Crippen molar-refractivity contribution in [3.63, 3.8) is 0 Å². The van der Waals surface area contributed by atoms with Crippen LogP contribution in [0.2, 0.25) is 0 Å². The molecule has 4 heteroatoms. The first-order chi connectivity index (χ1) is 26.2. The van der Waals surface area contributed by atoms with Crippen LogP contribution in [-0.2, 0) is 0 Å². The predicted molar refractivity (Wildman–Crippen MR) is 218 cm³/mol. The third-order valence-electron chi connectivity index (χ3n) is 9.69. The first kappa shape index (κ1) is 31.6. The number of fused-ring (bicyclic) bond motifs is 3. The standard InChI is InChI=1S/C49H32N4/c50-33-34-16-18-35(19-17-34)36-22-27-43(28-23-36)53(42-14-8-3-9-15-42)44-29-24-37(25-30-44)41-21-20-38-26-31-46-49(45(38)32-41)52-48(40-12-6-2-7-13-40)47(51-46)39-10-4-1-5-11-39/h1-32H. The second-order valence-corrected chi connectivity index (χ2v) is 13.0. The first-order valence-electron chi connectivity index (χ1n) is 17.6. The number of para-hydroxylation sites is 1. The van der Waals surface area contributed by atoms with E-state index < -0.39 is 0 Å². The lowest BCUT2D eigenvalue weighted by Gasteiger charge is -2.26. The lowest BCUT2D eigenvalue weighted by molar-refractivity contribution is 1.28. The summed E-state index contributed by atoms with van der Waals surface area (Å²) in [6.45, 7) is 0. The summed E-state index contributed by atoms with van der Waals surface area (Å²) in [5, 5.41) is 11.4. The summed E-state index contributed by atoms with van der Waals surface area (Å²) >= 11 is 0. The van der Waals surface area contributed by atoms with Gasteiger partial charge in [0.1, 0.15) is 0 Å². The molecule has 0 aliphatic heterocycles. The molecular formula is C49H32N4. The van der Waals surface area contributed by atoms with E-state index in [0.29, 0.717) is 5.56 Å². The molecule has 0 bridgehead atoms. The highest BCUT2D eigenvalue weighted by Crippen LogP contribution is 2.38. The number of hydrogen-bond donors (Lipinski definition) is 0. The Balaban J connectivity index is 1.10. The van der Waals surface area contributed by atoms with E-state index in [1.54, 1.807) is 0 Å². The van der Waals surface area contributed by atoms with Crippen molar-refractivity contribution >= 4 is 38.9 Å². The van der Waals surface area contributed by atoms with Crippen molar-refractivity contribution < 1.29 is 0 Å². The molecule has 0 saturated heterocycles. The monoisotopic (exact) mass is 676 g/mol. The molecule has 1 aromatic heterocycles. The van der Waals surface area contributed by atoms with Gasteiger partial charge in [0.2, 0.25) is 0 Å². The maximum Gasteiger partial charge on any atom is 0.0991 e. The summed E-state index contributed by atoms with van der Waals surface area (Å²) in [5.41, 5.74) is 13.8. The molecule has 1 heterocycles. The Labute approximate surface area is 308 Å². The van der Waals surface area contributed by atoms with Crippen LogP contribution in [0.1, 0.15) is 5.56 Å². The van der Waals surface area contributed by atoms with E-state index in [4.69, 9.17) is 9.97 Å². The van der Waals surface area contributed by atoms with Gasteiger partial charge in [-0.05, 0) is 88.3 Å². The van der Waals surface area contributed by atoms with Crippen molar-refractivity contribution in [1.29, 1.82) is 5.26 Å². The zero-order valence-electron chi connectivity index (χ0n) is 28.8. The minimum atomic E-state index is 0.657. The molecule has 8 aromatic carbocycles. The maximum absolute atomic E-state index is 9.20. The molecule has 53 heavy (non-hydrogen) atoms. The van der Waals surface area contributed by atoms with Crippen molar-refractivity contribution in [2.24, 2.45) is 0 Å². The Morgan fingerprint density at radius 3 is 1.42 bits per heavy atom. The number of rotatable bonds is 7. The maximum atomic E-state index is 9.20. The highest BCUT2D eigenvalue weighted by atomic mass is 15.1. The summed E-state index contributed by atoms with van der Waals surface area (Å²) in [5.74, 6) is 0. The molecule has 248 valence electrons. The molecule has 0 unspecified atom stereocenters. The number of nitrogens with zero attached hydrogens (tertiary/aromatic N) is 4. The number of anilines is 3. The first-order valence-corrected chi connectivity index (χ1v) is 17.6. The van der Waals surface area contributed by atoms with Gasteiger partial charge in [-0.3, -0.25) is 0 Å². The molecule has 0 fully saturated rings. The fraction of sp³-hybridized carbons (Fsp3) is 0. The van der Waals surface area contributed by atoms with Crippen LogP contribution in [0.15, 0.2) is 194 Å². The van der Waals surface area contributed by atoms with Crippen molar-refractivity contribution in [2.75, 3.05) is 4.90 Å². The van der Waals surface area contributed by atoms with Crippen LogP contribution in [0.3, 0.4) is 0 Å². The summed E-state index contributed by atoms with van der Waals surface area (Å²) in [7, 11) is 0. The zero-order chi connectivity index (χ0) is 35.6. The molecule has 9 rings (SSSR count). The van der Waals surface area contributed by atoms with Gasteiger partial charge in [0.15, 0.2) is 0 Å². The van der Waals surface area contributed by atoms with E-state index in [-0.39, 0.29) is 0 Å². The Morgan fingerprint density at radius 2 is 0.849 bits per heavy atom. The Morgan fingerprint density at radius 1 is 0.396 bits per heavy atom. The van der Waals surface area contributed by atoms with E-state index >= 15 is 0 Å². The molecule has 0 aliphatic rings. The quantitative estimate of drug-likeness (QED) is 0.158. The highest BCUT2D eigenvalue weighted by molar-refractivity contribution is 6.07. The molecule has 0 amide bonds. The van der Waals surface area contributed by atoms with Gasteiger partial charge < -0.3 is 4.90 Å². The van der Waals surface area contributed by atoms with Gasteiger partial charge in [-0.25, -0.2) is 9.97 Å². The molecule has 0 spiro atoms. The third kappa shape index (κ3) is 6.18. The van der Waals surface area contributed by atoms with Gasteiger partial charge in [-0.2, -0.15) is 5.26 Å². The summed E-state index contributed by atoms with van der Waals surface area (Å²) in [4.78, 5) is 12.8. The summed E-state index contributed by atoms with van der Waals surface area (Å²) in [6.07, 6.45) is 0. The average Bonchev–Trinajstić information content (AvgIpc) is 3.24. The Bertz CT molecular complexity index is 2740. The summed E-state index contributed by atoms with van der Waals surface area (Å²) in [6, 6.07) is 69.1. The Kier molecular flexibility index (Phi) is 8.20. The lowest BCUT2D eigenvalue weighted by atomic mass is 9.98. The van der Waals surface area contributed by atoms with Crippen LogP contribution in [0.5, 0.6) is 0 Å². The second-order valence-electron chi connectivity index (χ2n) is 13.0. The number of nitriles is 1.